The summed E-state index contributed by atoms with van der Waals surface area (Å²) in [5.74, 6) is 0.150. The molecule has 0 spiro atoms. The van der Waals surface area contributed by atoms with Crippen molar-refractivity contribution < 1.29 is 13.5 Å². The molecule has 1 N–H and O–H groups in total. The van der Waals surface area contributed by atoms with Crippen molar-refractivity contribution in [1.29, 1.82) is 0 Å². The molecule has 102 valence electrons. The van der Waals surface area contributed by atoms with Crippen LogP contribution in [0.3, 0.4) is 0 Å². The van der Waals surface area contributed by atoms with Crippen LogP contribution < -0.4 is 10.1 Å². The Hall–Kier alpha value is -1.14. The third-order valence-corrected chi connectivity index (χ3v) is 4.57. The summed E-state index contributed by atoms with van der Waals surface area (Å²) >= 11 is 5.06. The van der Waals surface area contributed by atoms with E-state index < -0.39 is 6.61 Å². The molecule has 1 atom stereocenters. The van der Waals surface area contributed by atoms with E-state index in [2.05, 4.69) is 26.0 Å². The first kappa shape index (κ1) is 14.3. The first-order valence-electron chi connectivity index (χ1n) is 5.61. The largest absolute Gasteiger partial charge is 0.433 e. The lowest BCUT2D eigenvalue weighted by Gasteiger charge is -2.17. The Morgan fingerprint density at radius 3 is 2.63 bits per heavy atom. The molecule has 0 aliphatic heterocycles. The van der Waals surface area contributed by atoms with Crippen LogP contribution in [0, 0.1) is 0 Å². The van der Waals surface area contributed by atoms with Crippen LogP contribution >= 0.6 is 27.3 Å². The van der Waals surface area contributed by atoms with Gasteiger partial charge in [-0.25, -0.2) is 0 Å². The third kappa shape index (κ3) is 3.67. The number of hydrogen-bond acceptors (Lipinski definition) is 3. The Morgan fingerprint density at radius 2 is 2.00 bits per heavy atom. The minimum atomic E-state index is -2.83. The van der Waals surface area contributed by atoms with Crippen LogP contribution in [0.4, 0.5) is 14.5 Å². The quantitative estimate of drug-likeness (QED) is 0.793. The van der Waals surface area contributed by atoms with Crippen LogP contribution in [0.25, 0.3) is 0 Å². The van der Waals surface area contributed by atoms with Gasteiger partial charge in [0.25, 0.3) is 0 Å². The summed E-state index contributed by atoms with van der Waals surface area (Å²) < 4.78 is 30.1. The van der Waals surface area contributed by atoms with E-state index in [1.165, 1.54) is 6.07 Å². The second kappa shape index (κ2) is 6.34. The molecular weight excluding hydrogens is 336 g/mol. The van der Waals surface area contributed by atoms with Gasteiger partial charge in [0.05, 0.1) is 11.7 Å². The van der Waals surface area contributed by atoms with Crippen molar-refractivity contribution in [1.82, 2.24) is 0 Å². The maximum absolute atomic E-state index is 12.3. The highest BCUT2D eigenvalue weighted by Crippen LogP contribution is 2.34. The van der Waals surface area contributed by atoms with E-state index in [-0.39, 0.29) is 11.8 Å². The van der Waals surface area contributed by atoms with Crippen LogP contribution in [0.1, 0.15) is 17.8 Å². The second-order valence-corrected chi connectivity index (χ2v) is 5.68. The van der Waals surface area contributed by atoms with Gasteiger partial charge in [-0.15, -0.1) is 11.3 Å². The van der Waals surface area contributed by atoms with Crippen molar-refractivity contribution in [3.05, 3.63) is 45.1 Å². The predicted octanol–water partition coefficient (Wildman–Crippen LogP) is 5.29. The molecule has 0 saturated carbocycles. The van der Waals surface area contributed by atoms with Gasteiger partial charge in [0.15, 0.2) is 0 Å². The molecule has 1 aromatic carbocycles. The van der Waals surface area contributed by atoms with Crippen LogP contribution in [-0.2, 0) is 0 Å². The van der Waals surface area contributed by atoms with Crippen molar-refractivity contribution in [3.8, 4) is 5.75 Å². The van der Waals surface area contributed by atoms with E-state index in [1.54, 1.807) is 29.5 Å². The minimum Gasteiger partial charge on any atom is -0.433 e. The van der Waals surface area contributed by atoms with Crippen LogP contribution in [0.2, 0.25) is 0 Å². The van der Waals surface area contributed by atoms with Gasteiger partial charge in [-0.05, 0) is 46.4 Å². The monoisotopic (exact) mass is 347 g/mol. The smallest absolute Gasteiger partial charge is 0.387 e. The number of hydrogen-bond donors (Lipinski definition) is 1. The van der Waals surface area contributed by atoms with E-state index in [0.29, 0.717) is 5.69 Å². The van der Waals surface area contributed by atoms with Crippen molar-refractivity contribution in [3.63, 3.8) is 0 Å². The first-order chi connectivity index (χ1) is 9.08. The number of rotatable bonds is 5. The summed E-state index contributed by atoms with van der Waals surface area (Å²) in [6.07, 6.45) is 0. The van der Waals surface area contributed by atoms with Crippen LogP contribution in [-0.4, -0.2) is 6.61 Å². The van der Waals surface area contributed by atoms with E-state index in [0.717, 1.165) is 9.35 Å². The summed E-state index contributed by atoms with van der Waals surface area (Å²) in [6, 6.07) is 8.63. The van der Waals surface area contributed by atoms with Crippen molar-refractivity contribution in [2.75, 3.05) is 5.32 Å². The van der Waals surface area contributed by atoms with Gasteiger partial charge in [0.1, 0.15) is 5.75 Å². The lowest BCUT2D eigenvalue weighted by molar-refractivity contribution is -0.0493. The molecule has 2 nitrogen and oxygen atoms in total. The van der Waals surface area contributed by atoms with Crippen LogP contribution in [0.15, 0.2) is 40.2 Å². The normalized spacial score (nSPS) is 12.5. The van der Waals surface area contributed by atoms with Gasteiger partial charge in [-0.1, -0.05) is 12.1 Å². The van der Waals surface area contributed by atoms with Gasteiger partial charge in [0.2, 0.25) is 0 Å². The molecule has 0 bridgehead atoms. The van der Waals surface area contributed by atoms with Crippen molar-refractivity contribution >= 4 is 33.0 Å². The zero-order valence-corrected chi connectivity index (χ0v) is 12.5. The van der Waals surface area contributed by atoms with E-state index in [9.17, 15) is 8.78 Å². The highest BCUT2D eigenvalue weighted by atomic mass is 79.9. The lowest BCUT2D eigenvalue weighted by atomic mass is 10.2. The molecule has 1 unspecified atom stereocenters. The molecule has 0 fully saturated rings. The summed E-state index contributed by atoms with van der Waals surface area (Å²) in [4.78, 5) is 1.10. The van der Waals surface area contributed by atoms with E-state index >= 15 is 0 Å². The number of ether oxygens (including phenoxy) is 1. The SMILES string of the molecule is CC(Nc1ccccc1OC(F)F)c1sccc1Br. The predicted molar refractivity (Wildman–Crippen MR) is 77.1 cm³/mol. The van der Waals surface area contributed by atoms with Crippen molar-refractivity contribution in [2.45, 2.75) is 19.6 Å². The first-order valence-corrected chi connectivity index (χ1v) is 7.28. The van der Waals surface area contributed by atoms with Gasteiger partial charge in [-0.3, -0.25) is 0 Å². The van der Waals surface area contributed by atoms with Gasteiger partial charge in [0, 0.05) is 9.35 Å². The summed E-state index contributed by atoms with van der Waals surface area (Å²) in [5, 5.41) is 5.15. The zero-order valence-electron chi connectivity index (χ0n) is 10.1. The van der Waals surface area contributed by atoms with E-state index in [1.807, 2.05) is 18.4 Å². The standard InChI is InChI=1S/C13H12BrF2NOS/c1-8(12-9(14)6-7-19-12)17-10-4-2-3-5-11(10)18-13(15)16/h2-8,13,17H,1H3. The number of alkyl halides is 2. The Balaban J connectivity index is 2.17. The third-order valence-electron chi connectivity index (χ3n) is 2.51. The van der Waals surface area contributed by atoms with Crippen LogP contribution in [0.5, 0.6) is 5.75 Å². The highest BCUT2D eigenvalue weighted by Gasteiger charge is 2.14. The average molecular weight is 348 g/mol. The Bertz CT molecular complexity index is 547. The van der Waals surface area contributed by atoms with Gasteiger partial charge in [-0.2, -0.15) is 8.78 Å². The summed E-state index contributed by atoms with van der Waals surface area (Å²) in [5.41, 5.74) is 0.551. The minimum absolute atomic E-state index is 0.00297. The molecule has 0 saturated heterocycles. The lowest BCUT2D eigenvalue weighted by Crippen LogP contribution is -2.09. The molecule has 1 aromatic heterocycles. The number of thiophene rings is 1. The number of nitrogens with one attached hydrogen (secondary N) is 1. The topological polar surface area (TPSA) is 21.3 Å². The Kier molecular flexibility index (Phi) is 4.76. The fourth-order valence-electron chi connectivity index (χ4n) is 1.70. The molecule has 0 radical (unpaired) electrons. The van der Waals surface area contributed by atoms with Gasteiger partial charge >= 0.3 is 6.61 Å². The molecule has 19 heavy (non-hydrogen) atoms. The molecule has 1 heterocycles. The molecule has 2 aromatic rings. The van der Waals surface area contributed by atoms with Crippen molar-refractivity contribution in [2.24, 2.45) is 0 Å². The molecular formula is C13H12BrF2NOS. The molecule has 0 amide bonds. The number of halogens is 3. The summed E-state index contributed by atoms with van der Waals surface area (Å²) in [6.45, 7) is -0.859. The Labute approximate surface area is 122 Å². The van der Waals surface area contributed by atoms with Gasteiger partial charge < -0.3 is 10.1 Å². The zero-order chi connectivity index (χ0) is 13.8. The second-order valence-electron chi connectivity index (χ2n) is 3.87. The number of para-hydroxylation sites is 2. The van der Waals surface area contributed by atoms with E-state index in [4.69, 9.17) is 0 Å². The number of benzene rings is 1. The maximum Gasteiger partial charge on any atom is 0.387 e. The Morgan fingerprint density at radius 1 is 1.26 bits per heavy atom. The summed E-state index contributed by atoms with van der Waals surface area (Å²) in [7, 11) is 0. The maximum atomic E-state index is 12.3. The number of anilines is 1. The fraction of sp³-hybridized carbons (Fsp3) is 0.231. The molecule has 2 rings (SSSR count). The fourth-order valence-corrected chi connectivity index (χ4v) is 3.42. The molecule has 0 aliphatic carbocycles. The molecule has 6 heteroatoms. The highest BCUT2D eigenvalue weighted by molar-refractivity contribution is 9.10. The average Bonchev–Trinajstić information content (AvgIpc) is 2.77. The molecule has 0 aliphatic rings.